The van der Waals surface area contributed by atoms with Crippen LogP contribution in [0.4, 0.5) is 23.4 Å². The lowest BCUT2D eigenvalue weighted by molar-refractivity contribution is -0.137. The number of piperazine rings is 1. The molecule has 0 aliphatic carbocycles. The molecule has 0 unspecified atom stereocenters. The number of nitrogens with zero attached hydrogens (tertiary/aromatic N) is 3. The zero-order valence-corrected chi connectivity index (χ0v) is 15.3. The fourth-order valence-corrected chi connectivity index (χ4v) is 4.48. The Morgan fingerprint density at radius 2 is 1.74 bits per heavy atom. The molecule has 1 aromatic heterocycles. The van der Waals surface area contributed by atoms with Crippen LogP contribution in [0.5, 0.6) is 0 Å². The highest BCUT2D eigenvalue weighted by Gasteiger charge is 2.33. The van der Waals surface area contributed by atoms with Crippen LogP contribution in [-0.4, -0.2) is 43.9 Å². The van der Waals surface area contributed by atoms with Gasteiger partial charge in [0.25, 0.3) is 0 Å². The summed E-state index contributed by atoms with van der Waals surface area (Å²) in [6, 6.07) is 5.49. The molecule has 1 aliphatic heterocycles. The molecule has 27 heavy (non-hydrogen) atoms. The van der Waals surface area contributed by atoms with Gasteiger partial charge in [-0.25, -0.2) is 17.8 Å². The van der Waals surface area contributed by atoms with E-state index in [9.17, 15) is 26.0 Å². The Hall–Kier alpha value is -1.91. The van der Waals surface area contributed by atoms with Crippen molar-refractivity contribution in [1.29, 1.82) is 0 Å². The molecule has 0 amide bonds. The first-order valence-electron chi connectivity index (χ1n) is 7.82. The molecule has 11 heteroatoms. The Labute approximate surface area is 158 Å². The maximum atomic E-state index is 13.3. The number of pyridine rings is 1. The first-order valence-corrected chi connectivity index (χ1v) is 9.64. The quantitative estimate of drug-likeness (QED) is 0.710. The highest BCUT2D eigenvalue weighted by Crippen LogP contribution is 2.34. The molecule has 3 rings (SSSR count). The number of anilines is 1. The maximum absolute atomic E-state index is 13.3. The fraction of sp³-hybridized carbons (Fsp3) is 0.312. The minimum atomic E-state index is -4.55. The van der Waals surface area contributed by atoms with E-state index in [-0.39, 0.29) is 41.9 Å². The third kappa shape index (κ3) is 4.17. The van der Waals surface area contributed by atoms with Gasteiger partial charge >= 0.3 is 6.18 Å². The molecule has 0 radical (unpaired) electrons. The van der Waals surface area contributed by atoms with Crippen LogP contribution >= 0.6 is 11.6 Å². The first kappa shape index (κ1) is 19.8. The van der Waals surface area contributed by atoms with Crippen molar-refractivity contribution in [2.45, 2.75) is 11.1 Å². The summed E-state index contributed by atoms with van der Waals surface area (Å²) in [5, 5.41) is -0.161. The first-order chi connectivity index (χ1) is 12.6. The van der Waals surface area contributed by atoms with Gasteiger partial charge in [-0.3, -0.25) is 0 Å². The van der Waals surface area contributed by atoms with E-state index in [1.807, 2.05) is 0 Å². The Bertz CT molecular complexity index is 945. The Morgan fingerprint density at radius 1 is 1.07 bits per heavy atom. The van der Waals surface area contributed by atoms with E-state index in [0.29, 0.717) is 6.20 Å². The van der Waals surface area contributed by atoms with Crippen molar-refractivity contribution in [3.05, 3.63) is 52.9 Å². The number of sulfonamides is 1. The average Bonchev–Trinajstić information content (AvgIpc) is 2.61. The monoisotopic (exact) mass is 423 g/mol. The molecule has 0 N–H and O–H groups in total. The summed E-state index contributed by atoms with van der Waals surface area (Å²) in [6.07, 6.45) is -3.86. The maximum Gasteiger partial charge on any atom is 0.417 e. The Morgan fingerprint density at radius 3 is 2.30 bits per heavy atom. The van der Waals surface area contributed by atoms with Crippen molar-refractivity contribution in [3.63, 3.8) is 0 Å². The van der Waals surface area contributed by atoms with Crippen LogP contribution in [0.3, 0.4) is 0 Å². The predicted molar refractivity (Wildman–Crippen MR) is 91.6 cm³/mol. The molecular weight excluding hydrogens is 410 g/mol. The highest BCUT2D eigenvalue weighted by molar-refractivity contribution is 7.89. The van der Waals surface area contributed by atoms with Crippen LogP contribution < -0.4 is 4.90 Å². The molecule has 0 atom stereocenters. The van der Waals surface area contributed by atoms with Crippen LogP contribution in [0.25, 0.3) is 0 Å². The smallest absolute Gasteiger partial charge is 0.353 e. The molecule has 1 aliphatic rings. The number of rotatable bonds is 3. The van der Waals surface area contributed by atoms with Gasteiger partial charge in [-0.15, -0.1) is 0 Å². The molecule has 1 aromatic carbocycles. The van der Waals surface area contributed by atoms with Gasteiger partial charge < -0.3 is 4.90 Å². The van der Waals surface area contributed by atoms with Crippen molar-refractivity contribution in [2.24, 2.45) is 0 Å². The summed E-state index contributed by atoms with van der Waals surface area (Å²) in [4.78, 5) is 5.24. The zero-order chi connectivity index (χ0) is 19.8. The predicted octanol–water partition coefficient (Wildman–Crippen LogP) is 3.40. The van der Waals surface area contributed by atoms with E-state index in [2.05, 4.69) is 4.98 Å². The van der Waals surface area contributed by atoms with Crippen LogP contribution in [0.1, 0.15) is 5.56 Å². The van der Waals surface area contributed by atoms with E-state index >= 15 is 0 Å². The molecule has 146 valence electrons. The third-order valence-corrected chi connectivity index (χ3v) is 6.29. The second-order valence-corrected chi connectivity index (χ2v) is 8.22. The van der Waals surface area contributed by atoms with Gasteiger partial charge in [-0.05, 0) is 24.3 Å². The van der Waals surface area contributed by atoms with E-state index in [1.54, 1.807) is 4.90 Å². The van der Waals surface area contributed by atoms with Crippen LogP contribution in [0, 0.1) is 5.82 Å². The lowest BCUT2D eigenvalue weighted by Crippen LogP contribution is -2.49. The lowest BCUT2D eigenvalue weighted by atomic mass is 10.2. The van der Waals surface area contributed by atoms with Gasteiger partial charge in [-0.1, -0.05) is 17.7 Å². The topological polar surface area (TPSA) is 53.5 Å². The Balaban J connectivity index is 1.74. The molecule has 5 nitrogen and oxygen atoms in total. The van der Waals surface area contributed by atoms with Crippen molar-refractivity contribution in [2.75, 3.05) is 31.1 Å². The summed E-state index contributed by atoms with van der Waals surface area (Å²) in [6.45, 7) is 0.509. The molecule has 0 saturated carbocycles. The van der Waals surface area contributed by atoms with Crippen molar-refractivity contribution >= 4 is 27.4 Å². The average molecular weight is 424 g/mol. The molecule has 2 heterocycles. The van der Waals surface area contributed by atoms with Crippen molar-refractivity contribution < 1.29 is 26.0 Å². The van der Waals surface area contributed by atoms with Gasteiger partial charge in [0.1, 0.15) is 11.6 Å². The number of hydrogen-bond donors (Lipinski definition) is 0. The standard InChI is InChI=1S/C16H14ClF4N3O2S/c17-14-8-11(16(19,20)21)10-22-15(14)23-4-6-24(7-5-23)27(25,26)13-3-1-2-12(18)9-13/h1-3,8-10H,4-7H2. The van der Waals surface area contributed by atoms with Gasteiger partial charge in [0, 0.05) is 32.4 Å². The summed E-state index contributed by atoms with van der Waals surface area (Å²) in [7, 11) is -3.86. The summed E-state index contributed by atoms with van der Waals surface area (Å²) in [5.41, 5.74) is -0.955. The number of hydrogen-bond acceptors (Lipinski definition) is 4. The van der Waals surface area contributed by atoms with E-state index in [0.717, 1.165) is 18.2 Å². The van der Waals surface area contributed by atoms with E-state index in [1.165, 1.54) is 16.4 Å². The Kier molecular flexibility index (Phi) is 5.33. The van der Waals surface area contributed by atoms with Gasteiger partial charge in [-0.2, -0.15) is 17.5 Å². The van der Waals surface area contributed by atoms with Crippen LogP contribution in [0.15, 0.2) is 41.4 Å². The lowest BCUT2D eigenvalue weighted by Gasteiger charge is -2.35. The largest absolute Gasteiger partial charge is 0.417 e. The number of aromatic nitrogens is 1. The minimum absolute atomic E-state index is 0.0673. The molecule has 0 spiro atoms. The van der Waals surface area contributed by atoms with Crippen molar-refractivity contribution in [3.8, 4) is 0 Å². The van der Waals surface area contributed by atoms with Gasteiger partial charge in [0.05, 0.1) is 15.5 Å². The molecule has 0 bridgehead atoms. The normalized spacial score (nSPS) is 16.6. The van der Waals surface area contributed by atoms with Gasteiger partial charge in [0.15, 0.2) is 0 Å². The second-order valence-electron chi connectivity index (χ2n) is 5.88. The number of halogens is 5. The minimum Gasteiger partial charge on any atom is -0.353 e. The number of benzene rings is 1. The summed E-state index contributed by atoms with van der Waals surface area (Å²) in [5.74, 6) is -0.497. The fourth-order valence-electron chi connectivity index (χ4n) is 2.74. The molecule has 1 saturated heterocycles. The van der Waals surface area contributed by atoms with E-state index < -0.39 is 27.6 Å². The number of alkyl halides is 3. The second kappa shape index (κ2) is 7.25. The van der Waals surface area contributed by atoms with E-state index in [4.69, 9.17) is 11.6 Å². The summed E-state index contributed by atoms with van der Waals surface area (Å²) < 4.78 is 77.8. The molecule has 1 fully saturated rings. The van der Waals surface area contributed by atoms with Gasteiger partial charge in [0.2, 0.25) is 10.0 Å². The van der Waals surface area contributed by atoms with Crippen LogP contribution in [0.2, 0.25) is 5.02 Å². The molecular formula is C16H14ClF4N3O2S. The SMILES string of the molecule is O=S(=O)(c1cccc(F)c1)N1CCN(c2ncc(C(F)(F)F)cc2Cl)CC1. The van der Waals surface area contributed by atoms with Crippen molar-refractivity contribution in [1.82, 2.24) is 9.29 Å². The highest BCUT2D eigenvalue weighted by atomic mass is 35.5. The zero-order valence-electron chi connectivity index (χ0n) is 13.7. The van der Waals surface area contributed by atoms with Crippen LogP contribution in [-0.2, 0) is 16.2 Å². The summed E-state index contributed by atoms with van der Waals surface area (Å²) >= 11 is 5.93. The third-order valence-electron chi connectivity index (χ3n) is 4.12. The molecule has 2 aromatic rings.